The maximum Gasteiger partial charge on any atom is 0.228 e. The second-order valence-corrected chi connectivity index (χ2v) is 9.27. The molecule has 0 aromatic heterocycles. The Morgan fingerprint density at radius 3 is 2.19 bits per heavy atom. The van der Waals surface area contributed by atoms with E-state index in [1.165, 1.54) is 0 Å². The molecule has 2 saturated carbocycles. The van der Waals surface area contributed by atoms with Crippen molar-refractivity contribution in [1.29, 1.82) is 0 Å². The molecule has 3 aliphatic rings. The van der Waals surface area contributed by atoms with E-state index >= 15 is 0 Å². The van der Waals surface area contributed by atoms with E-state index in [4.69, 9.17) is 0 Å². The van der Waals surface area contributed by atoms with Gasteiger partial charge < -0.3 is 10.6 Å². The van der Waals surface area contributed by atoms with Crippen LogP contribution in [0.15, 0.2) is 40.9 Å². The van der Waals surface area contributed by atoms with Gasteiger partial charge in [0.1, 0.15) is 0 Å². The fourth-order valence-electron chi connectivity index (χ4n) is 4.89. The number of benzene rings is 1. The molecule has 0 unspecified atom stereocenters. The highest BCUT2D eigenvalue weighted by molar-refractivity contribution is 9.10. The summed E-state index contributed by atoms with van der Waals surface area (Å²) in [5.74, 6) is 0.291. The highest BCUT2D eigenvalue weighted by Crippen LogP contribution is 2.72. The van der Waals surface area contributed by atoms with Crippen LogP contribution in [0.5, 0.6) is 0 Å². The molecule has 1 spiro atoms. The van der Waals surface area contributed by atoms with Gasteiger partial charge in [-0.05, 0) is 60.3 Å². The van der Waals surface area contributed by atoms with Gasteiger partial charge in [-0.3, -0.25) is 9.59 Å². The molecular formula is C21H25BrN2O2. The lowest BCUT2D eigenvalue weighted by atomic mass is 9.81. The van der Waals surface area contributed by atoms with Crippen LogP contribution >= 0.6 is 15.9 Å². The molecule has 4 atom stereocenters. The first-order chi connectivity index (χ1) is 12.4. The number of anilines is 1. The zero-order valence-electron chi connectivity index (χ0n) is 15.2. The summed E-state index contributed by atoms with van der Waals surface area (Å²) in [7, 11) is 0. The average Bonchev–Trinajstić information content (AvgIpc) is 3.27. The number of nitrogens with one attached hydrogen (secondary N) is 2. The van der Waals surface area contributed by atoms with E-state index in [-0.39, 0.29) is 40.9 Å². The highest BCUT2D eigenvalue weighted by atomic mass is 79.9. The van der Waals surface area contributed by atoms with Crippen LogP contribution in [0.1, 0.15) is 26.7 Å². The van der Waals surface area contributed by atoms with Crippen molar-refractivity contribution in [2.24, 2.45) is 35.0 Å². The van der Waals surface area contributed by atoms with Gasteiger partial charge in [0.2, 0.25) is 11.8 Å². The number of amides is 2. The van der Waals surface area contributed by atoms with Crippen LogP contribution in [0.2, 0.25) is 0 Å². The molecule has 4 nitrogen and oxygen atoms in total. The standard InChI is InChI=1S/C21H25BrN2O2/c1-12(2)11-23-19(25)17-15-7-8-16(21(15)9-10-21)18(17)20(26)24-14-5-3-13(22)4-6-14/h3-8,12,15-18H,9-11H2,1-2H3,(H,23,25)(H,24,26)/t15-,16+,17-,18-/m1/s1. The number of carbonyl (C=O) groups excluding carboxylic acids is 2. The minimum absolute atomic E-state index is 0.0276. The first kappa shape index (κ1) is 17.8. The molecule has 3 aliphatic carbocycles. The second-order valence-electron chi connectivity index (χ2n) is 8.36. The molecule has 0 heterocycles. The zero-order chi connectivity index (χ0) is 18.5. The summed E-state index contributed by atoms with van der Waals surface area (Å²) < 4.78 is 0.973. The third-order valence-electron chi connectivity index (χ3n) is 6.24. The number of halogens is 1. The zero-order valence-corrected chi connectivity index (χ0v) is 16.8. The molecule has 2 N–H and O–H groups in total. The Labute approximate surface area is 162 Å². The lowest BCUT2D eigenvalue weighted by molar-refractivity contribution is -0.133. The van der Waals surface area contributed by atoms with Crippen LogP contribution in [-0.2, 0) is 9.59 Å². The predicted molar refractivity (Wildman–Crippen MR) is 105 cm³/mol. The predicted octanol–water partition coefficient (Wildman–Crippen LogP) is 3.99. The Morgan fingerprint density at radius 2 is 1.65 bits per heavy atom. The van der Waals surface area contributed by atoms with Gasteiger partial charge >= 0.3 is 0 Å². The largest absolute Gasteiger partial charge is 0.356 e. The normalized spacial score (nSPS) is 30.0. The first-order valence-electron chi connectivity index (χ1n) is 9.45. The Hall–Kier alpha value is -1.62. The molecule has 0 radical (unpaired) electrons. The van der Waals surface area contributed by atoms with E-state index in [2.05, 4.69) is 52.6 Å². The number of allylic oxidation sites excluding steroid dienone is 2. The molecular weight excluding hydrogens is 392 g/mol. The molecule has 2 bridgehead atoms. The third kappa shape index (κ3) is 2.90. The molecule has 0 aliphatic heterocycles. The molecule has 2 fully saturated rings. The minimum Gasteiger partial charge on any atom is -0.356 e. The number of carbonyl (C=O) groups is 2. The Kier molecular flexibility index (Phi) is 4.46. The van der Waals surface area contributed by atoms with Crippen LogP contribution in [-0.4, -0.2) is 18.4 Å². The number of rotatable bonds is 5. The van der Waals surface area contributed by atoms with Crippen molar-refractivity contribution in [3.05, 3.63) is 40.9 Å². The van der Waals surface area contributed by atoms with Crippen LogP contribution in [0, 0.1) is 35.0 Å². The van der Waals surface area contributed by atoms with Gasteiger partial charge in [-0.2, -0.15) is 0 Å². The maximum atomic E-state index is 13.1. The van der Waals surface area contributed by atoms with E-state index in [0.29, 0.717) is 12.5 Å². The van der Waals surface area contributed by atoms with Crippen molar-refractivity contribution in [3.8, 4) is 0 Å². The van der Waals surface area contributed by atoms with Crippen molar-refractivity contribution in [2.45, 2.75) is 26.7 Å². The van der Waals surface area contributed by atoms with Gasteiger partial charge in [0, 0.05) is 16.7 Å². The lowest BCUT2D eigenvalue weighted by Gasteiger charge is -2.26. The fourth-order valence-corrected chi connectivity index (χ4v) is 5.16. The van der Waals surface area contributed by atoms with Gasteiger partial charge in [0.15, 0.2) is 0 Å². The smallest absolute Gasteiger partial charge is 0.228 e. The molecule has 1 aromatic rings. The van der Waals surface area contributed by atoms with Crippen molar-refractivity contribution < 1.29 is 9.59 Å². The molecule has 1 aromatic carbocycles. The summed E-state index contributed by atoms with van der Waals surface area (Å²) in [6.45, 7) is 4.83. The minimum atomic E-state index is -0.275. The molecule has 0 saturated heterocycles. The summed E-state index contributed by atoms with van der Waals surface area (Å²) in [6, 6.07) is 7.58. The van der Waals surface area contributed by atoms with Gasteiger partial charge in [0.05, 0.1) is 11.8 Å². The second kappa shape index (κ2) is 6.52. The summed E-state index contributed by atoms with van der Waals surface area (Å²) in [6.07, 6.45) is 6.65. The van der Waals surface area contributed by atoms with Gasteiger partial charge in [-0.15, -0.1) is 0 Å². The maximum absolute atomic E-state index is 13.1. The van der Waals surface area contributed by atoms with Crippen LogP contribution in [0.3, 0.4) is 0 Å². The van der Waals surface area contributed by atoms with Crippen molar-refractivity contribution in [3.63, 3.8) is 0 Å². The monoisotopic (exact) mass is 416 g/mol. The first-order valence-corrected chi connectivity index (χ1v) is 10.2. The molecule has 138 valence electrons. The van der Waals surface area contributed by atoms with Crippen LogP contribution in [0.4, 0.5) is 5.69 Å². The van der Waals surface area contributed by atoms with E-state index in [1.807, 2.05) is 24.3 Å². The fraction of sp³-hybridized carbons (Fsp3) is 0.524. The lowest BCUT2D eigenvalue weighted by Crippen LogP contribution is -2.42. The van der Waals surface area contributed by atoms with E-state index in [9.17, 15) is 9.59 Å². The summed E-state index contributed by atoms with van der Waals surface area (Å²) in [5, 5.41) is 6.11. The summed E-state index contributed by atoms with van der Waals surface area (Å²) in [4.78, 5) is 26.1. The Balaban J connectivity index is 1.55. The van der Waals surface area contributed by atoms with Crippen molar-refractivity contribution in [2.75, 3.05) is 11.9 Å². The highest BCUT2D eigenvalue weighted by Gasteiger charge is 2.69. The topological polar surface area (TPSA) is 58.2 Å². The van der Waals surface area contributed by atoms with Gasteiger partial charge in [-0.1, -0.05) is 41.9 Å². The quantitative estimate of drug-likeness (QED) is 0.712. The SMILES string of the molecule is CC(C)CNC(=O)[C@H]1[C@H](C(=O)Nc2ccc(Br)cc2)[C@@H]2C=C[C@H]1C21CC1. The van der Waals surface area contributed by atoms with Crippen LogP contribution < -0.4 is 10.6 Å². The van der Waals surface area contributed by atoms with Crippen molar-refractivity contribution >= 4 is 33.4 Å². The van der Waals surface area contributed by atoms with Crippen molar-refractivity contribution in [1.82, 2.24) is 5.32 Å². The van der Waals surface area contributed by atoms with Crippen LogP contribution in [0.25, 0.3) is 0 Å². The molecule has 5 heteroatoms. The molecule has 26 heavy (non-hydrogen) atoms. The van der Waals surface area contributed by atoms with Gasteiger partial charge in [-0.25, -0.2) is 0 Å². The third-order valence-corrected chi connectivity index (χ3v) is 6.77. The molecule has 2 amide bonds. The Bertz CT molecular complexity index is 752. The van der Waals surface area contributed by atoms with E-state index in [1.54, 1.807) is 0 Å². The van der Waals surface area contributed by atoms with E-state index < -0.39 is 0 Å². The average molecular weight is 417 g/mol. The number of hydrogen-bond acceptors (Lipinski definition) is 2. The van der Waals surface area contributed by atoms with E-state index in [0.717, 1.165) is 23.0 Å². The van der Waals surface area contributed by atoms with Gasteiger partial charge in [0.25, 0.3) is 0 Å². The Morgan fingerprint density at radius 1 is 1.08 bits per heavy atom. The molecule has 4 rings (SSSR count). The summed E-state index contributed by atoms with van der Waals surface area (Å²) in [5.41, 5.74) is 0.942. The number of hydrogen-bond donors (Lipinski definition) is 2. The summed E-state index contributed by atoms with van der Waals surface area (Å²) >= 11 is 3.41.